The van der Waals surface area contributed by atoms with Gasteiger partial charge in [-0.2, -0.15) is 0 Å². The maximum atomic E-state index is 6.56. The van der Waals surface area contributed by atoms with E-state index in [4.69, 9.17) is 4.42 Å². The van der Waals surface area contributed by atoms with Crippen molar-refractivity contribution in [3.63, 3.8) is 0 Å². The van der Waals surface area contributed by atoms with E-state index >= 15 is 0 Å². The largest absolute Gasteiger partial charge is 0.455 e. The molecule has 0 atom stereocenters. The van der Waals surface area contributed by atoms with Gasteiger partial charge >= 0.3 is 0 Å². The number of nitrogens with zero attached hydrogens (tertiary/aromatic N) is 1. The second kappa shape index (κ2) is 8.08. The SMILES string of the molecule is c1ccc(-c2cc(-n3c4ccccc4c4c5c6ccccc6oc5c5ccccc5c43)cc3ccccc23)cc1. The topological polar surface area (TPSA) is 18.1 Å². The van der Waals surface area contributed by atoms with Crippen molar-refractivity contribution < 1.29 is 4.42 Å². The molecule has 0 aliphatic carbocycles. The quantitative estimate of drug-likeness (QED) is 0.227. The Morgan fingerprint density at radius 3 is 1.98 bits per heavy atom. The lowest BCUT2D eigenvalue weighted by atomic mass is 9.97. The summed E-state index contributed by atoms with van der Waals surface area (Å²) < 4.78 is 9.03. The molecule has 0 radical (unpaired) electrons. The molecule has 0 N–H and O–H groups in total. The zero-order valence-electron chi connectivity index (χ0n) is 21.6. The van der Waals surface area contributed by atoms with Crippen molar-refractivity contribution >= 4 is 65.3 Å². The number of hydrogen-bond acceptors (Lipinski definition) is 1. The Labute approximate surface area is 230 Å². The highest BCUT2D eigenvalue weighted by atomic mass is 16.3. The van der Waals surface area contributed by atoms with Gasteiger partial charge in [0.15, 0.2) is 0 Å². The number of furan rings is 1. The number of para-hydroxylation sites is 2. The van der Waals surface area contributed by atoms with Crippen molar-refractivity contribution in [2.75, 3.05) is 0 Å². The molecular formula is C38H23NO. The molecule has 0 aliphatic heterocycles. The van der Waals surface area contributed by atoms with Gasteiger partial charge in [0.2, 0.25) is 0 Å². The lowest BCUT2D eigenvalue weighted by Gasteiger charge is -2.15. The highest BCUT2D eigenvalue weighted by Gasteiger charge is 2.23. The molecular weight excluding hydrogens is 486 g/mol. The van der Waals surface area contributed by atoms with Gasteiger partial charge in [0.1, 0.15) is 11.2 Å². The molecule has 7 aromatic carbocycles. The number of benzene rings is 7. The molecule has 40 heavy (non-hydrogen) atoms. The van der Waals surface area contributed by atoms with Crippen LogP contribution in [0.2, 0.25) is 0 Å². The lowest BCUT2D eigenvalue weighted by Crippen LogP contribution is -1.96. The fourth-order valence-electron chi connectivity index (χ4n) is 6.67. The Morgan fingerprint density at radius 1 is 0.475 bits per heavy atom. The van der Waals surface area contributed by atoms with Gasteiger partial charge in [-0.3, -0.25) is 0 Å². The van der Waals surface area contributed by atoms with Crippen LogP contribution in [0.4, 0.5) is 0 Å². The van der Waals surface area contributed by atoms with Crippen molar-refractivity contribution in [1.82, 2.24) is 4.57 Å². The van der Waals surface area contributed by atoms with Crippen molar-refractivity contribution in [3.8, 4) is 16.8 Å². The summed E-state index contributed by atoms with van der Waals surface area (Å²) in [7, 11) is 0. The monoisotopic (exact) mass is 509 g/mol. The molecule has 186 valence electrons. The summed E-state index contributed by atoms with van der Waals surface area (Å²) in [6.07, 6.45) is 0. The highest BCUT2D eigenvalue weighted by Crippen LogP contribution is 2.46. The third kappa shape index (κ3) is 2.88. The molecule has 9 rings (SSSR count). The molecule has 0 saturated carbocycles. The maximum absolute atomic E-state index is 6.56. The Morgan fingerprint density at radius 2 is 1.12 bits per heavy atom. The minimum absolute atomic E-state index is 0.920. The van der Waals surface area contributed by atoms with Gasteiger partial charge in [0, 0.05) is 38.0 Å². The van der Waals surface area contributed by atoms with Crippen LogP contribution in [0.25, 0.3) is 82.1 Å². The average molecular weight is 510 g/mol. The summed E-state index contributed by atoms with van der Waals surface area (Å²) in [4.78, 5) is 0. The van der Waals surface area contributed by atoms with Crippen LogP contribution in [0, 0.1) is 0 Å². The fourth-order valence-corrected chi connectivity index (χ4v) is 6.67. The Hall–Kier alpha value is -5.34. The second-order valence-corrected chi connectivity index (χ2v) is 10.5. The zero-order valence-corrected chi connectivity index (χ0v) is 21.6. The number of fused-ring (bicyclic) bond motifs is 11. The molecule has 0 amide bonds. The third-order valence-corrected chi connectivity index (χ3v) is 8.34. The van der Waals surface area contributed by atoms with Crippen LogP contribution in [-0.2, 0) is 0 Å². The number of hydrogen-bond donors (Lipinski definition) is 0. The normalized spacial score (nSPS) is 12.0. The average Bonchev–Trinajstić information content (AvgIpc) is 3.58. The van der Waals surface area contributed by atoms with Crippen LogP contribution in [0.15, 0.2) is 144 Å². The van der Waals surface area contributed by atoms with Gasteiger partial charge in [0.05, 0.1) is 11.0 Å². The maximum Gasteiger partial charge on any atom is 0.144 e. The van der Waals surface area contributed by atoms with Crippen LogP contribution in [0.5, 0.6) is 0 Å². The third-order valence-electron chi connectivity index (χ3n) is 8.34. The second-order valence-electron chi connectivity index (χ2n) is 10.5. The standard InChI is InChI=1S/C38H23NO/c1-2-12-24(13-3-1)32-23-26(22-25-14-4-5-15-27(25)32)39-33-20-10-8-18-30(33)35-36-31-19-9-11-21-34(31)40-38(36)29-17-7-6-16-28(29)37(35)39/h1-23H. The van der Waals surface area contributed by atoms with Crippen molar-refractivity contribution in [2.24, 2.45) is 0 Å². The molecule has 0 bridgehead atoms. The number of aromatic nitrogens is 1. The molecule has 2 heteroatoms. The lowest BCUT2D eigenvalue weighted by molar-refractivity contribution is 0.673. The van der Waals surface area contributed by atoms with Gasteiger partial charge in [-0.15, -0.1) is 0 Å². The summed E-state index contributed by atoms with van der Waals surface area (Å²) in [6.45, 7) is 0. The summed E-state index contributed by atoms with van der Waals surface area (Å²) >= 11 is 0. The first-order valence-corrected chi connectivity index (χ1v) is 13.7. The first kappa shape index (κ1) is 21.6. The van der Waals surface area contributed by atoms with E-state index in [0.717, 1.165) is 27.6 Å². The predicted molar refractivity (Wildman–Crippen MR) is 169 cm³/mol. The molecule has 0 aliphatic rings. The van der Waals surface area contributed by atoms with Gasteiger partial charge in [0.25, 0.3) is 0 Å². The minimum Gasteiger partial charge on any atom is -0.455 e. The molecule has 0 spiro atoms. The van der Waals surface area contributed by atoms with E-state index < -0.39 is 0 Å². The molecule has 0 fully saturated rings. The van der Waals surface area contributed by atoms with Crippen LogP contribution in [-0.4, -0.2) is 4.57 Å². The summed E-state index contributed by atoms with van der Waals surface area (Å²) in [5, 5.41) is 9.61. The molecule has 9 aromatic rings. The van der Waals surface area contributed by atoms with E-state index in [1.165, 1.54) is 54.5 Å². The fraction of sp³-hybridized carbons (Fsp3) is 0. The van der Waals surface area contributed by atoms with E-state index in [1.807, 2.05) is 6.07 Å². The highest BCUT2D eigenvalue weighted by molar-refractivity contribution is 6.36. The Balaban J connectivity index is 1.54. The summed E-state index contributed by atoms with van der Waals surface area (Å²) in [5.41, 5.74) is 7.88. The predicted octanol–water partition coefficient (Wildman–Crippen LogP) is 10.7. The Bertz CT molecular complexity index is 2420. The molecule has 0 unspecified atom stereocenters. The zero-order chi connectivity index (χ0) is 26.2. The van der Waals surface area contributed by atoms with E-state index in [2.05, 4.69) is 138 Å². The van der Waals surface area contributed by atoms with Crippen molar-refractivity contribution in [1.29, 1.82) is 0 Å². The molecule has 2 nitrogen and oxygen atoms in total. The van der Waals surface area contributed by atoms with Gasteiger partial charge in [-0.25, -0.2) is 0 Å². The van der Waals surface area contributed by atoms with Crippen LogP contribution >= 0.6 is 0 Å². The first-order valence-electron chi connectivity index (χ1n) is 13.7. The molecule has 0 saturated heterocycles. The van der Waals surface area contributed by atoms with Gasteiger partial charge < -0.3 is 8.98 Å². The summed E-state index contributed by atoms with van der Waals surface area (Å²) in [5.74, 6) is 0. The van der Waals surface area contributed by atoms with Crippen molar-refractivity contribution in [2.45, 2.75) is 0 Å². The van der Waals surface area contributed by atoms with Crippen LogP contribution in [0.1, 0.15) is 0 Å². The van der Waals surface area contributed by atoms with E-state index in [1.54, 1.807) is 0 Å². The smallest absolute Gasteiger partial charge is 0.144 e. The van der Waals surface area contributed by atoms with Gasteiger partial charge in [-0.05, 0) is 46.2 Å². The number of rotatable bonds is 2. The van der Waals surface area contributed by atoms with Gasteiger partial charge in [-0.1, -0.05) is 115 Å². The molecule has 2 aromatic heterocycles. The Kier molecular flexibility index (Phi) is 4.36. The van der Waals surface area contributed by atoms with E-state index in [0.29, 0.717) is 0 Å². The molecule has 2 heterocycles. The first-order chi connectivity index (χ1) is 19.9. The van der Waals surface area contributed by atoms with Crippen molar-refractivity contribution in [3.05, 3.63) is 140 Å². The van der Waals surface area contributed by atoms with Crippen LogP contribution in [0.3, 0.4) is 0 Å². The van der Waals surface area contributed by atoms with Crippen LogP contribution < -0.4 is 0 Å². The van der Waals surface area contributed by atoms with E-state index in [-0.39, 0.29) is 0 Å². The summed E-state index contributed by atoms with van der Waals surface area (Å²) in [6, 6.07) is 50.0. The van der Waals surface area contributed by atoms with E-state index in [9.17, 15) is 0 Å². The minimum atomic E-state index is 0.920.